The zero-order valence-electron chi connectivity index (χ0n) is 16.5. The normalized spacial score (nSPS) is 11.0. The van der Waals surface area contributed by atoms with Crippen molar-refractivity contribution in [3.8, 4) is 5.75 Å². The molecule has 0 bridgehead atoms. The van der Waals surface area contributed by atoms with Crippen molar-refractivity contribution in [1.29, 1.82) is 5.41 Å². The highest BCUT2D eigenvalue weighted by atomic mass is 79.9. The molecule has 10 heteroatoms. The van der Waals surface area contributed by atoms with Gasteiger partial charge in [-0.3, -0.25) is 15.0 Å². The summed E-state index contributed by atoms with van der Waals surface area (Å²) in [4.78, 5) is 23.0. The number of aryl methyl sites for hydroxylation is 1. The van der Waals surface area contributed by atoms with Crippen molar-refractivity contribution in [2.75, 3.05) is 11.9 Å². The standard InChI is InChI=1S/C20H23BrN4O4.ClH/c1-3-12-8-14(21)9-16(18(12)28-10-17(22)27)20(29-11(2)26)25-15-6-4-13(5-7-15)19(23)24;/h4-9,20,25H,3,10H2,1-2H3,(H2,22,27)(H3,23,24);1H. The zero-order chi connectivity index (χ0) is 21.6. The number of hydrogen-bond acceptors (Lipinski definition) is 6. The predicted molar refractivity (Wildman–Crippen MR) is 121 cm³/mol. The minimum atomic E-state index is -0.888. The molecule has 1 atom stereocenters. The number of esters is 1. The van der Waals surface area contributed by atoms with Crippen LogP contribution in [0.2, 0.25) is 0 Å². The summed E-state index contributed by atoms with van der Waals surface area (Å²) in [5.74, 6) is -0.733. The lowest BCUT2D eigenvalue weighted by atomic mass is 10.0. The van der Waals surface area contributed by atoms with Crippen LogP contribution >= 0.6 is 28.3 Å². The Bertz CT molecular complexity index is 922. The first kappa shape index (κ1) is 25.3. The molecule has 1 amide bonds. The Labute approximate surface area is 189 Å². The number of carbonyl (C=O) groups excluding carboxylic acids is 2. The van der Waals surface area contributed by atoms with E-state index in [1.165, 1.54) is 6.92 Å². The minimum absolute atomic E-state index is 0. The number of halogens is 2. The summed E-state index contributed by atoms with van der Waals surface area (Å²) < 4.78 is 11.9. The Kier molecular flexibility index (Phi) is 9.61. The van der Waals surface area contributed by atoms with E-state index in [-0.39, 0.29) is 24.8 Å². The van der Waals surface area contributed by atoms with Crippen LogP contribution in [-0.4, -0.2) is 24.3 Å². The van der Waals surface area contributed by atoms with Crippen LogP contribution in [0, 0.1) is 5.41 Å². The number of primary amides is 1. The van der Waals surface area contributed by atoms with E-state index in [2.05, 4.69) is 21.2 Å². The molecule has 0 aromatic heterocycles. The van der Waals surface area contributed by atoms with Crippen LogP contribution in [0.1, 0.15) is 36.8 Å². The molecule has 2 aromatic rings. The molecule has 0 radical (unpaired) electrons. The highest BCUT2D eigenvalue weighted by molar-refractivity contribution is 9.10. The van der Waals surface area contributed by atoms with Crippen molar-refractivity contribution in [3.05, 3.63) is 57.6 Å². The molecular weight excluding hydrogens is 476 g/mol. The molecule has 0 fully saturated rings. The molecule has 0 aliphatic heterocycles. The SMILES string of the molecule is CCc1cc(Br)cc(C(Nc2ccc(C(=N)N)cc2)OC(C)=O)c1OCC(N)=O.Cl. The largest absolute Gasteiger partial charge is 0.483 e. The molecular formula is C20H24BrClN4O4. The van der Waals surface area contributed by atoms with Crippen molar-refractivity contribution in [2.45, 2.75) is 26.5 Å². The average molecular weight is 500 g/mol. The van der Waals surface area contributed by atoms with Gasteiger partial charge in [-0.25, -0.2) is 0 Å². The molecule has 0 heterocycles. The Hall–Kier alpha value is -2.78. The highest BCUT2D eigenvalue weighted by Gasteiger charge is 2.23. The molecule has 0 saturated heterocycles. The third-order valence-corrected chi connectivity index (χ3v) is 4.42. The summed E-state index contributed by atoms with van der Waals surface area (Å²) in [6, 6.07) is 10.4. The van der Waals surface area contributed by atoms with Crippen molar-refractivity contribution < 1.29 is 19.1 Å². The second-order valence-corrected chi connectivity index (χ2v) is 7.13. The maximum absolute atomic E-state index is 11.7. The smallest absolute Gasteiger partial charge is 0.304 e. The molecule has 0 aliphatic carbocycles. The average Bonchev–Trinajstić information content (AvgIpc) is 2.65. The molecule has 1 unspecified atom stereocenters. The van der Waals surface area contributed by atoms with Gasteiger partial charge in [0.25, 0.3) is 5.91 Å². The summed E-state index contributed by atoms with van der Waals surface area (Å²) in [5.41, 5.74) is 13.3. The Morgan fingerprint density at radius 2 is 1.83 bits per heavy atom. The van der Waals surface area contributed by atoms with Gasteiger partial charge in [-0.05, 0) is 48.4 Å². The molecule has 8 nitrogen and oxygen atoms in total. The van der Waals surface area contributed by atoms with Crippen LogP contribution in [0.5, 0.6) is 5.75 Å². The molecule has 30 heavy (non-hydrogen) atoms. The molecule has 6 N–H and O–H groups in total. The molecule has 0 spiro atoms. The second-order valence-electron chi connectivity index (χ2n) is 6.22. The Morgan fingerprint density at radius 3 is 2.33 bits per heavy atom. The number of nitrogens with two attached hydrogens (primary N) is 2. The summed E-state index contributed by atoms with van der Waals surface area (Å²) in [6.07, 6.45) is -0.262. The topological polar surface area (TPSA) is 141 Å². The summed E-state index contributed by atoms with van der Waals surface area (Å²) in [6.45, 7) is 2.94. The van der Waals surface area contributed by atoms with Crippen LogP contribution in [0.3, 0.4) is 0 Å². The van der Waals surface area contributed by atoms with Crippen LogP contribution in [0.4, 0.5) is 5.69 Å². The Balaban J connectivity index is 0.00000450. The number of nitrogen functional groups attached to an aromatic ring is 1. The summed E-state index contributed by atoms with van der Waals surface area (Å²) >= 11 is 3.46. The van der Waals surface area contributed by atoms with E-state index in [1.54, 1.807) is 30.3 Å². The van der Waals surface area contributed by atoms with Gasteiger partial charge >= 0.3 is 5.97 Å². The van der Waals surface area contributed by atoms with Gasteiger partial charge < -0.3 is 26.3 Å². The van der Waals surface area contributed by atoms with Crippen molar-refractivity contribution in [2.24, 2.45) is 11.5 Å². The van der Waals surface area contributed by atoms with Crippen LogP contribution in [0.15, 0.2) is 40.9 Å². The monoisotopic (exact) mass is 498 g/mol. The van der Waals surface area contributed by atoms with Crippen LogP contribution < -0.4 is 21.5 Å². The van der Waals surface area contributed by atoms with E-state index in [9.17, 15) is 9.59 Å². The minimum Gasteiger partial charge on any atom is -0.483 e. The van der Waals surface area contributed by atoms with Gasteiger partial charge in [-0.2, -0.15) is 0 Å². The lowest BCUT2D eigenvalue weighted by molar-refractivity contribution is -0.145. The van der Waals surface area contributed by atoms with Crippen molar-refractivity contribution in [1.82, 2.24) is 0 Å². The first-order chi connectivity index (χ1) is 13.7. The first-order valence-corrected chi connectivity index (χ1v) is 9.62. The van der Waals surface area contributed by atoms with Gasteiger partial charge in [0, 0.05) is 22.6 Å². The fourth-order valence-corrected chi connectivity index (χ4v) is 3.21. The van der Waals surface area contributed by atoms with E-state index >= 15 is 0 Å². The first-order valence-electron chi connectivity index (χ1n) is 8.82. The fourth-order valence-electron chi connectivity index (χ4n) is 2.68. The van der Waals surface area contributed by atoms with Crippen LogP contribution in [-0.2, 0) is 20.7 Å². The number of nitrogens with one attached hydrogen (secondary N) is 2. The molecule has 2 rings (SSSR count). The van der Waals surface area contributed by atoms with E-state index in [1.807, 2.05) is 13.0 Å². The van der Waals surface area contributed by atoms with Gasteiger partial charge in [0.15, 0.2) is 6.61 Å². The van der Waals surface area contributed by atoms with E-state index in [0.717, 1.165) is 10.0 Å². The lowest BCUT2D eigenvalue weighted by Gasteiger charge is -2.24. The predicted octanol–water partition coefficient (Wildman–Crippen LogP) is 3.26. The number of anilines is 1. The van der Waals surface area contributed by atoms with Gasteiger partial charge in [0.1, 0.15) is 11.6 Å². The summed E-state index contributed by atoms with van der Waals surface area (Å²) in [5, 5.41) is 10.6. The molecule has 162 valence electrons. The van der Waals surface area contributed by atoms with E-state index < -0.39 is 18.1 Å². The lowest BCUT2D eigenvalue weighted by Crippen LogP contribution is -2.23. The number of amides is 1. The quantitative estimate of drug-likeness (QED) is 0.181. The maximum atomic E-state index is 11.7. The number of hydrogen-bond donors (Lipinski definition) is 4. The number of ether oxygens (including phenoxy) is 2. The van der Waals surface area contributed by atoms with Gasteiger partial charge in [-0.15, -0.1) is 12.4 Å². The third kappa shape index (κ3) is 6.93. The highest BCUT2D eigenvalue weighted by Crippen LogP contribution is 2.35. The maximum Gasteiger partial charge on any atom is 0.304 e. The van der Waals surface area contributed by atoms with Crippen molar-refractivity contribution >= 4 is 51.7 Å². The van der Waals surface area contributed by atoms with E-state index in [4.69, 9.17) is 26.4 Å². The zero-order valence-corrected chi connectivity index (χ0v) is 18.9. The van der Waals surface area contributed by atoms with Gasteiger partial charge in [0.05, 0.1) is 5.56 Å². The number of benzene rings is 2. The van der Waals surface area contributed by atoms with Crippen LogP contribution in [0.25, 0.3) is 0 Å². The third-order valence-electron chi connectivity index (χ3n) is 3.96. The van der Waals surface area contributed by atoms with Gasteiger partial charge in [0.2, 0.25) is 6.23 Å². The fraction of sp³-hybridized carbons (Fsp3) is 0.250. The second kappa shape index (κ2) is 11.4. The van der Waals surface area contributed by atoms with Gasteiger partial charge in [-0.1, -0.05) is 22.9 Å². The van der Waals surface area contributed by atoms with Crippen molar-refractivity contribution in [3.63, 3.8) is 0 Å². The number of amidine groups is 1. The number of carbonyl (C=O) groups is 2. The molecule has 0 aliphatic rings. The molecule has 2 aromatic carbocycles. The number of rotatable bonds is 9. The van der Waals surface area contributed by atoms with E-state index in [0.29, 0.717) is 29.0 Å². The molecule has 0 saturated carbocycles. The summed E-state index contributed by atoms with van der Waals surface area (Å²) in [7, 11) is 0. The Morgan fingerprint density at radius 1 is 1.20 bits per heavy atom.